The molecule has 3 rings (SSSR count). The summed E-state index contributed by atoms with van der Waals surface area (Å²) in [5.41, 5.74) is 1.07. The summed E-state index contributed by atoms with van der Waals surface area (Å²) in [5.74, 6) is 0.736. The lowest BCUT2D eigenvalue weighted by Crippen LogP contribution is -2.23. The van der Waals surface area contributed by atoms with Crippen molar-refractivity contribution >= 4 is 15.9 Å². The van der Waals surface area contributed by atoms with Crippen LogP contribution in [0.15, 0.2) is 51.7 Å². The van der Waals surface area contributed by atoms with Crippen LogP contribution in [0.2, 0.25) is 0 Å². The number of hydrogen-bond acceptors (Lipinski definition) is 5. The van der Waals surface area contributed by atoms with E-state index >= 15 is 0 Å². The molecule has 0 saturated heterocycles. The Bertz CT molecular complexity index is 904. The number of para-hydroxylation sites is 1. The topological polar surface area (TPSA) is 82.2 Å². The zero-order valence-electron chi connectivity index (χ0n) is 12.2. The van der Waals surface area contributed by atoms with Gasteiger partial charge in [0.25, 0.3) is 0 Å². The van der Waals surface area contributed by atoms with Crippen LogP contribution in [0.5, 0.6) is 11.5 Å². The smallest absolute Gasteiger partial charge is 0.368 e. The third-order valence-electron chi connectivity index (χ3n) is 3.24. The number of hydrogen-bond donors (Lipinski definition) is 1. The van der Waals surface area contributed by atoms with Gasteiger partial charge in [-0.15, -0.1) is 0 Å². The van der Waals surface area contributed by atoms with Gasteiger partial charge >= 0.3 is 5.69 Å². The molecule has 0 amide bonds. The highest BCUT2D eigenvalue weighted by Gasteiger charge is 2.11. The van der Waals surface area contributed by atoms with Gasteiger partial charge in [0.2, 0.25) is 0 Å². The predicted molar refractivity (Wildman–Crippen MR) is 86.7 cm³/mol. The average molecular weight is 377 g/mol. The molecule has 0 aliphatic heterocycles. The van der Waals surface area contributed by atoms with Crippen molar-refractivity contribution in [3.05, 3.63) is 63.0 Å². The van der Waals surface area contributed by atoms with Gasteiger partial charge in [0.15, 0.2) is 0 Å². The van der Waals surface area contributed by atoms with Crippen molar-refractivity contribution in [1.29, 1.82) is 0 Å². The molecule has 0 saturated carbocycles. The number of phenols is 1. The number of aryl methyl sites for hydroxylation is 1. The molecular formula is C15H13BrN4O3. The van der Waals surface area contributed by atoms with Crippen LogP contribution in [-0.2, 0) is 13.7 Å². The monoisotopic (exact) mass is 376 g/mol. The summed E-state index contributed by atoms with van der Waals surface area (Å²) < 4.78 is 8.79. The van der Waals surface area contributed by atoms with E-state index in [0.29, 0.717) is 15.9 Å². The van der Waals surface area contributed by atoms with Gasteiger partial charge in [0.05, 0.1) is 10.2 Å². The van der Waals surface area contributed by atoms with Gasteiger partial charge in [-0.05, 0) is 50.6 Å². The van der Waals surface area contributed by atoms with E-state index in [4.69, 9.17) is 4.74 Å². The molecule has 0 spiro atoms. The van der Waals surface area contributed by atoms with Crippen molar-refractivity contribution in [2.75, 3.05) is 0 Å². The molecule has 0 radical (unpaired) electrons. The summed E-state index contributed by atoms with van der Waals surface area (Å²) >= 11 is 3.33. The van der Waals surface area contributed by atoms with E-state index in [-0.39, 0.29) is 18.0 Å². The molecule has 7 nitrogen and oxygen atoms in total. The lowest BCUT2D eigenvalue weighted by molar-refractivity contribution is 0.303. The van der Waals surface area contributed by atoms with Crippen molar-refractivity contribution in [2.45, 2.75) is 6.61 Å². The molecule has 23 heavy (non-hydrogen) atoms. The molecule has 118 valence electrons. The summed E-state index contributed by atoms with van der Waals surface area (Å²) in [6.45, 7) is 0.239. The number of aromatic nitrogens is 4. The Morgan fingerprint density at radius 1 is 1.22 bits per heavy atom. The van der Waals surface area contributed by atoms with Gasteiger partial charge in [-0.2, -0.15) is 9.36 Å². The molecule has 3 aromatic rings. The average Bonchev–Trinajstić information content (AvgIpc) is 2.86. The van der Waals surface area contributed by atoms with Crippen LogP contribution in [0, 0.1) is 0 Å². The van der Waals surface area contributed by atoms with Crippen molar-refractivity contribution in [1.82, 2.24) is 19.8 Å². The van der Waals surface area contributed by atoms with Crippen LogP contribution in [0.1, 0.15) is 5.56 Å². The first-order valence-electron chi connectivity index (χ1n) is 6.75. The van der Waals surface area contributed by atoms with E-state index in [1.54, 1.807) is 31.3 Å². The molecule has 8 heteroatoms. The van der Waals surface area contributed by atoms with Crippen LogP contribution < -0.4 is 10.4 Å². The van der Waals surface area contributed by atoms with Crippen LogP contribution in [0.4, 0.5) is 0 Å². The summed E-state index contributed by atoms with van der Waals surface area (Å²) in [6.07, 6.45) is 0. The van der Waals surface area contributed by atoms with Crippen LogP contribution in [0.3, 0.4) is 0 Å². The molecule has 1 N–H and O–H groups in total. The van der Waals surface area contributed by atoms with E-state index in [2.05, 4.69) is 26.4 Å². The number of aromatic hydroxyl groups is 1. The Morgan fingerprint density at radius 3 is 2.70 bits per heavy atom. The Morgan fingerprint density at radius 2 is 2.00 bits per heavy atom. The minimum atomic E-state index is -0.330. The van der Waals surface area contributed by atoms with Crippen molar-refractivity contribution < 1.29 is 9.84 Å². The maximum Gasteiger partial charge on any atom is 0.368 e. The molecule has 0 aliphatic rings. The second-order valence-electron chi connectivity index (χ2n) is 4.83. The maximum atomic E-state index is 12.0. The Labute approximate surface area is 139 Å². The highest BCUT2D eigenvalue weighted by Crippen LogP contribution is 2.29. The van der Waals surface area contributed by atoms with Crippen LogP contribution in [-0.4, -0.2) is 24.9 Å². The van der Waals surface area contributed by atoms with Crippen molar-refractivity contribution in [2.24, 2.45) is 7.05 Å². The lowest BCUT2D eigenvalue weighted by Gasteiger charge is -2.11. The lowest BCUT2D eigenvalue weighted by atomic mass is 10.2. The van der Waals surface area contributed by atoms with Crippen LogP contribution >= 0.6 is 15.9 Å². The second-order valence-corrected chi connectivity index (χ2v) is 5.68. The summed E-state index contributed by atoms with van der Waals surface area (Å²) in [7, 11) is 1.54. The Kier molecular flexibility index (Phi) is 4.16. The van der Waals surface area contributed by atoms with E-state index in [0.717, 1.165) is 10.2 Å². The number of nitrogens with zero attached hydrogens (tertiary/aromatic N) is 4. The fraction of sp³-hybridized carbons (Fsp3) is 0.133. The molecule has 2 aromatic carbocycles. The van der Waals surface area contributed by atoms with Gasteiger partial charge in [0.1, 0.15) is 18.1 Å². The Balaban J connectivity index is 1.89. The van der Waals surface area contributed by atoms with Gasteiger partial charge in [-0.25, -0.2) is 4.79 Å². The summed E-state index contributed by atoms with van der Waals surface area (Å²) in [5, 5.41) is 17.0. The third kappa shape index (κ3) is 3.11. The third-order valence-corrected chi connectivity index (χ3v) is 3.86. The van der Waals surface area contributed by atoms with Gasteiger partial charge in [-0.1, -0.05) is 18.2 Å². The second kappa shape index (κ2) is 6.25. The highest BCUT2D eigenvalue weighted by molar-refractivity contribution is 9.10. The first-order chi connectivity index (χ1) is 11.1. The normalized spacial score (nSPS) is 10.7. The molecule has 0 bridgehead atoms. The molecule has 0 atom stereocenters. The van der Waals surface area contributed by atoms with Gasteiger partial charge < -0.3 is 9.84 Å². The standard InChI is InChI=1S/C15H13BrN4O3/c1-19-15(22)20(18-17-19)13-5-3-2-4-10(13)9-23-14-7-6-11(21)8-12(14)16/h2-8,21H,9H2,1H3. The number of phenolic OH excluding ortho intramolecular Hbond substituents is 1. The van der Waals surface area contributed by atoms with E-state index in [1.165, 1.54) is 4.68 Å². The number of ether oxygens (including phenoxy) is 1. The van der Waals surface area contributed by atoms with E-state index in [1.807, 2.05) is 18.2 Å². The van der Waals surface area contributed by atoms with E-state index < -0.39 is 0 Å². The fourth-order valence-corrected chi connectivity index (χ4v) is 2.55. The highest BCUT2D eigenvalue weighted by atomic mass is 79.9. The van der Waals surface area contributed by atoms with E-state index in [9.17, 15) is 9.90 Å². The fourth-order valence-electron chi connectivity index (χ4n) is 2.07. The van der Waals surface area contributed by atoms with Gasteiger partial charge in [0, 0.05) is 12.6 Å². The summed E-state index contributed by atoms with van der Waals surface area (Å²) in [6, 6.07) is 12.1. The molecule has 0 unspecified atom stereocenters. The van der Waals surface area contributed by atoms with Crippen molar-refractivity contribution in [3.63, 3.8) is 0 Å². The minimum absolute atomic E-state index is 0.149. The molecule has 0 aliphatic carbocycles. The first-order valence-corrected chi connectivity index (χ1v) is 7.54. The summed E-state index contributed by atoms with van der Waals surface area (Å²) in [4.78, 5) is 12.0. The number of rotatable bonds is 4. The first kappa shape index (κ1) is 15.3. The predicted octanol–water partition coefficient (Wildman–Crippen LogP) is 2.01. The van der Waals surface area contributed by atoms with Crippen molar-refractivity contribution in [3.8, 4) is 17.2 Å². The maximum absolute atomic E-state index is 12.0. The molecule has 1 aromatic heterocycles. The number of halogens is 1. The largest absolute Gasteiger partial charge is 0.508 e. The van der Waals surface area contributed by atoms with Crippen LogP contribution in [0.25, 0.3) is 5.69 Å². The molecule has 1 heterocycles. The zero-order valence-corrected chi connectivity index (χ0v) is 13.8. The molecule has 0 fully saturated rings. The SMILES string of the molecule is Cn1nnn(-c2ccccc2COc2ccc(O)cc2Br)c1=O. The minimum Gasteiger partial charge on any atom is -0.508 e. The number of tetrazole rings is 1. The Hall–Kier alpha value is -2.61. The quantitative estimate of drug-likeness (QED) is 0.752. The van der Waals surface area contributed by atoms with Gasteiger partial charge in [-0.3, -0.25) is 0 Å². The molecular weight excluding hydrogens is 364 g/mol. The zero-order chi connectivity index (χ0) is 16.4. The number of benzene rings is 2.